The van der Waals surface area contributed by atoms with Crippen molar-refractivity contribution in [2.24, 2.45) is 0 Å². The van der Waals surface area contributed by atoms with Gasteiger partial charge < -0.3 is 20.1 Å². The Bertz CT molecular complexity index is 1080. The Kier molecular flexibility index (Phi) is 8.68. The Hall–Kier alpha value is -3.99. The van der Waals surface area contributed by atoms with E-state index in [1.54, 1.807) is 58.2 Å². The molecule has 34 heavy (non-hydrogen) atoms. The first-order chi connectivity index (χ1) is 15.9. The SMILES string of the molecule is C#CN(C(=O)CNC(=O)OC(C)(C)C)C(C(=O)Nc1ccc(OC)cc1)c1ccc(C)c(C)c1. The first kappa shape index (κ1) is 26.3. The molecule has 1 unspecified atom stereocenters. The second-order valence-electron chi connectivity index (χ2n) is 8.71. The lowest BCUT2D eigenvalue weighted by Gasteiger charge is -2.27. The lowest BCUT2D eigenvalue weighted by molar-refractivity contribution is -0.134. The molecule has 0 heterocycles. The monoisotopic (exact) mass is 465 g/mol. The Labute approximate surface area is 200 Å². The quantitative estimate of drug-likeness (QED) is 0.477. The third-order valence-electron chi connectivity index (χ3n) is 4.90. The number of hydrogen-bond donors (Lipinski definition) is 2. The highest BCUT2D eigenvalue weighted by atomic mass is 16.6. The predicted octanol–water partition coefficient (Wildman–Crippen LogP) is 3.94. The van der Waals surface area contributed by atoms with E-state index in [1.165, 1.54) is 0 Å². The number of nitrogens with zero attached hydrogens (tertiary/aromatic N) is 1. The number of nitrogens with one attached hydrogen (secondary N) is 2. The van der Waals surface area contributed by atoms with Crippen molar-refractivity contribution >= 4 is 23.6 Å². The normalized spacial score (nSPS) is 11.6. The molecule has 0 saturated heterocycles. The van der Waals surface area contributed by atoms with Crippen LogP contribution in [0.25, 0.3) is 0 Å². The highest BCUT2D eigenvalue weighted by Gasteiger charge is 2.31. The van der Waals surface area contributed by atoms with Crippen molar-refractivity contribution < 1.29 is 23.9 Å². The van der Waals surface area contributed by atoms with Crippen LogP contribution < -0.4 is 15.4 Å². The van der Waals surface area contributed by atoms with Crippen LogP contribution in [-0.4, -0.2) is 42.1 Å². The van der Waals surface area contributed by atoms with E-state index in [4.69, 9.17) is 15.9 Å². The van der Waals surface area contributed by atoms with Crippen LogP contribution in [0.1, 0.15) is 43.5 Å². The number of benzene rings is 2. The van der Waals surface area contributed by atoms with Gasteiger partial charge in [-0.25, -0.2) is 4.79 Å². The van der Waals surface area contributed by atoms with Crippen LogP contribution in [-0.2, 0) is 14.3 Å². The van der Waals surface area contributed by atoms with Crippen molar-refractivity contribution in [2.45, 2.75) is 46.3 Å². The predicted molar refractivity (Wildman–Crippen MR) is 130 cm³/mol. The summed E-state index contributed by atoms with van der Waals surface area (Å²) < 4.78 is 10.3. The maximum Gasteiger partial charge on any atom is 0.408 e. The molecular weight excluding hydrogens is 434 g/mol. The van der Waals surface area contributed by atoms with Crippen LogP contribution >= 0.6 is 0 Å². The molecule has 2 aromatic carbocycles. The number of anilines is 1. The highest BCUT2D eigenvalue weighted by Crippen LogP contribution is 2.25. The number of rotatable bonds is 7. The smallest absolute Gasteiger partial charge is 0.408 e. The Morgan fingerprint density at radius 1 is 1.06 bits per heavy atom. The van der Waals surface area contributed by atoms with Crippen LogP contribution in [0.2, 0.25) is 0 Å². The number of carbonyl (C=O) groups excluding carboxylic acids is 3. The molecule has 0 aliphatic carbocycles. The van der Waals surface area contributed by atoms with Gasteiger partial charge in [-0.15, -0.1) is 0 Å². The number of ether oxygens (including phenoxy) is 2. The molecule has 0 bridgehead atoms. The fourth-order valence-corrected chi connectivity index (χ4v) is 3.08. The van der Waals surface area contributed by atoms with Gasteiger partial charge in [-0.05, 0) is 75.6 Å². The number of methoxy groups -OCH3 is 1. The zero-order chi connectivity index (χ0) is 25.5. The Morgan fingerprint density at radius 3 is 2.24 bits per heavy atom. The number of aryl methyl sites for hydroxylation is 2. The molecule has 0 spiro atoms. The third kappa shape index (κ3) is 7.27. The first-order valence-corrected chi connectivity index (χ1v) is 10.7. The van der Waals surface area contributed by atoms with Crippen molar-refractivity contribution in [3.05, 3.63) is 59.2 Å². The molecule has 1 atom stereocenters. The third-order valence-corrected chi connectivity index (χ3v) is 4.90. The fourth-order valence-electron chi connectivity index (χ4n) is 3.08. The molecule has 0 aromatic heterocycles. The number of terminal acetylenes is 1. The van der Waals surface area contributed by atoms with Gasteiger partial charge in [-0.3, -0.25) is 14.5 Å². The van der Waals surface area contributed by atoms with E-state index in [9.17, 15) is 14.4 Å². The summed E-state index contributed by atoms with van der Waals surface area (Å²) in [6, 6.07) is 13.4. The van der Waals surface area contributed by atoms with Crippen molar-refractivity contribution in [2.75, 3.05) is 19.0 Å². The van der Waals surface area contributed by atoms with Crippen LogP contribution in [0.15, 0.2) is 42.5 Å². The summed E-state index contributed by atoms with van der Waals surface area (Å²) in [4.78, 5) is 39.3. The van der Waals surface area contributed by atoms with E-state index in [0.717, 1.165) is 16.0 Å². The molecule has 0 aliphatic heterocycles. The van der Waals surface area contributed by atoms with E-state index in [0.29, 0.717) is 17.0 Å². The summed E-state index contributed by atoms with van der Waals surface area (Å²) in [5.74, 6) is -0.504. The molecule has 0 saturated carbocycles. The molecule has 0 aliphatic rings. The van der Waals surface area contributed by atoms with Gasteiger partial charge in [0, 0.05) is 11.7 Å². The summed E-state index contributed by atoms with van der Waals surface area (Å²) in [5, 5.41) is 5.18. The van der Waals surface area contributed by atoms with Crippen LogP contribution in [0.4, 0.5) is 10.5 Å². The number of amides is 3. The Morgan fingerprint density at radius 2 is 1.71 bits per heavy atom. The zero-order valence-corrected chi connectivity index (χ0v) is 20.4. The molecule has 8 heteroatoms. The minimum absolute atomic E-state index is 0.434. The molecule has 2 aromatic rings. The molecule has 2 N–H and O–H groups in total. The molecule has 8 nitrogen and oxygen atoms in total. The van der Waals surface area contributed by atoms with E-state index < -0.39 is 36.1 Å². The van der Waals surface area contributed by atoms with Gasteiger partial charge >= 0.3 is 6.09 Å². The van der Waals surface area contributed by atoms with E-state index in [2.05, 4.69) is 16.7 Å². The topological polar surface area (TPSA) is 97.0 Å². The van der Waals surface area contributed by atoms with Gasteiger partial charge in [-0.2, -0.15) is 0 Å². The summed E-state index contributed by atoms with van der Waals surface area (Å²) in [5.41, 5.74) is 2.30. The minimum Gasteiger partial charge on any atom is -0.497 e. The van der Waals surface area contributed by atoms with E-state index >= 15 is 0 Å². The van der Waals surface area contributed by atoms with Crippen LogP contribution in [0, 0.1) is 26.3 Å². The maximum atomic E-state index is 13.4. The molecular formula is C26H31N3O5. The molecule has 0 fully saturated rings. The lowest BCUT2D eigenvalue weighted by atomic mass is 9.99. The largest absolute Gasteiger partial charge is 0.497 e. The Balaban J connectivity index is 2.31. The van der Waals surface area contributed by atoms with Crippen molar-refractivity contribution in [1.29, 1.82) is 0 Å². The van der Waals surface area contributed by atoms with Gasteiger partial charge in [0.15, 0.2) is 0 Å². The van der Waals surface area contributed by atoms with Gasteiger partial charge in [0.05, 0.1) is 7.11 Å². The second kappa shape index (κ2) is 11.2. The standard InChI is InChI=1S/C26H31N3O5/c1-8-29(22(30)16-27-25(32)34-26(4,5)6)23(19-10-9-17(2)18(3)15-19)24(31)28-20-11-13-21(33-7)14-12-20/h1,9-15,23H,16H2,2-7H3,(H,27,32)(H,28,31). The van der Waals surface area contributed by atoms with Crippen molar-refractivity contribution in [3.63, 3.8) is 0 Å². The number of carbonyl (C=O) groups is 3. The summed E-state index contributed by atoms with van der Waals surface area (Å²) in [6.45, 7) is 8.55. The average molecular weight is 466 g/mol. The van der Waals surface area contributed by atoms with Crippen LogP contribution in [0.5, 0.6) is 5.75 Å². The average Bonchev–Trinajstić information content (AvgIpc) is 2.77. The minimum atomic E-state index is -1.13. The molecule has 2 rings (SSSR count). The maximum absolute atomic E-state index is 13.4. The van der Waals surface area contributed by atoms with Gasteiger partial charge in [0.2, 0.25) is 0 Å². The number of hydrogen-bond acceptors (Lipinski definition) is 5. The van der Waals surface area contributed by atoms with Gasteiger partial charge in [0.25, 0.3) is 11.8 Å². The lowest BCUT2D eigenvalue weighted by Crippen LogP contribution is -2.44. The van der Waals surface area contributed by atoms with Crippen molar-refractivity contribution in [1.82, 2.24) is 10.2 Å². The number of alkyl carbamates (subject to hydrolysis) is 1. The molecule has 180 valence electrons. The van der Waals surface area contributed by atoms with E-state index in [-0.39, 0.29) is 0 Å². The second-order valence-corrected chi connectivity index (χ2v) is 8.71. The molecule has 0 radical (unpaired) electrons. The van der Waals surface area contributed by atoms with Gasteiger partial charge in [-0.1, -0.05) is 24.6 Å². The van der Waals surface area contributed by atoms with Crippen LogP contribution in [0.3, 0.4) is 0 Å². The van der Waals surface area contributed by atoms with Gasteiger partial charge in [0.1, 0.15) is 23.9 Å². The fraction of sp³-hybridized carbons (Fsp3) is 0.346. The molecule has 3 amide bonds. The summed E-state index contributed by atoms with van der Waals surface area (Å²) in [7, 11) is 1.55. The summed E-state index contributed by atoms with van der Waals surface area (Å²) in [6.07, 6.45) is 4.91. The summed E-state index contributed by atoms with van der Waals surface area (Å²) >= 11 is 0. The highest BCUT2D eigenvalue weighted by molar-refractivity contribution is 5.99. The van der Waals surface area contributed by atoms with Crippen molar-refractivity contribution in [3.8, 4) is 18.2 Å². The van der Waals surface area contributed by atoms with E-state index in [1.807, 2.05) is 26.0 Å². The first-order valence-electron chi connectivity index (χ1n) is 10.7. The zero-order valence-electron chi connectivity index (χ0n) is 20.4.